The first-order valence-electron chi connectivity index (χ1n) is 5.11. The van der Waals surface area contributed by atoms with Crippen LogP contribution in [0.1, 0.15) is 5.69 Å². The number of nitrogens with one attached hydrogen (secondary N) is 1. The highest BCUT2D eigenvalue weighted by Crippen LogP contribution is 2.29. The van der Waals surface area contributed by atoms with Gasteiger partial charge >= 0.3 is 12.4 Å². The van der Waals surface area contributed by atoms with Gasteiger partial charge in [-0.05, 0) is 6.92 Å². The smallest absolute Gasteiger partial charge is 0.455 e. The van der Waals surface area contributed by atoms with Crippen LogP contribution in [0.4, 0.5) is 32.2 Å². The van der Waals surface area contributed by atoms with E-state index in [1.807, 2.05) is 0 Å². The second-order valence-corrected chi connectivity index (χ2v) is 3.75. The van der Waals surface area contributed by atoms with Crippen LogP contribution in [0.2, 0.25) is 0 Å². The summed E-state index contributed by atoms with van der Waals surface area (Å²) < 4.78 is 73.5. The van der Waals surface area contributed by atoms with Crippen LogP contribution in [0.3, 0.4) is 0 Å². The summed E-state index contributed by atoms with van der Waals surface area (Å²) >= 11 is 0. The highest BCUT2D eigenvalue weighted by Gasteiger charge is 2.46. The molecule has 0 saturated carbocycles. The number of hydrogen-bond donors (Lipinski definition) is 2. The SMILES string of the molecule is Cc1cc(N=C/C(C(=O)C(F)(F)F)=C(/O)C(F)(F)F)n[nH]1. The van der Waals surface area contributed by atoms with E-state index in [0.717, 1.165) is 0 Å². The number of nitrogens with zero attached hydrogens (tertiary/aromatic N) is 2. The quantitative estimate of drug-likeness (QED) is 0.389. The molecule has 1 aromatic heterocycles. The molecule has 116 valence electrons. The average Bonchev–Trinajstić information content (AvgIpc) is 2.72. The van der Waals surface area contributed by atoms with Gasteiger partial charge in [0.15, 0.2) is 5.82 Å². The van der Waals surface area contributed by atoms with Crippen LogP contribution in [0.5, 0.6) is 0 Å². The summed E-state index contributed by atoms with van der Waals surface area (Å²) in [7, 11) is 0. The van der Waals surface area contributed by atoms with Crippen LogP contribution in [-0.2, 0) is 4.79 Å². The summed E-state index contributed by atoms with van der Waals surface area (Å²) in [6.07, 6.45) is -11.2. The Morgan fingerprint density at radius 3 is 2.24 bits per heavy atom. The maximum Gasteiger partial charge on any atom is 0.455 e. The fraction of sp³-hybridized carbons (Fsp3) is 0.300. The number of aliphatic imine (C=N–C) groups is 1. The van der Waals surface area contributed by atoms with E-state index in [0.29, 0.717) is 5.69 Å². The zero-order valence-electron chi connectivity index (χ0n) is 10.2. The van der Waals surface area contributed by atoms with Gasteiger partial charge in [-0.15, -0.1) is 0 Å². The maximum atomic E-state index is 12.3. The molecule has 5 nitrogen and oxygen atoms in total. The Morgan fingerprint density at radius 1 is 1.29 bits per heavy atom. The molecule has 0 aliphatic rings. The van der Waals surface area contributed by atoms with Gasteiger partial charge in [-0.2, -0.15) is 31.4 Å². The lowest BCUT2D eigenvalue weighted by Gasteiger charge is -2.10. The average molecular weight is 315 g/mol. The molecule has 1 rings (SSSR count). The van der Waals surface area contributed by atoms with Crippen LogP contribution in [-0.4, -0.2) is 39.7 Å². The van der Waals surface area contributed by atoms with Gasteiger partial charge in [-0.25, -0.2) is 4.99 Å². The largest absolute Gasteiger partial charge is 0.504 e. The van der Waals surface area contributed by atoms with Gasteiger partial charge < -0.3 is 5.11 Å². The number of aromatic amines is 1. The predicted octanol–water partition coefficient (Wildman–Crippen LogP) is 2.93. The van der Waals surface area contributed by atoms with Gasteiger partial charge in [-0.3, -0.25) is 9.89 Å². The first kappa shape index (κ1) is 16.7. The Bertz CT molecular complexity index is 597. The lowest BCUT2D eigenvalue weighted by Crippen LogP contribution is -2.29. The molecule has 0 amide bonds. The fourth-order valence-corrected chi connectivity index (χ4v) is 1.13. The summed E-state index contributed by atoms with van der Waals surface area (Å²) in [5, 5.41) is 14.5. The van der Waals surface area contributed by atoms with Crippen molar-refractivity contribution in [2.24, 2.45) is 4.99 Å². The van der Waals surface area contributed by atoms with Crippen molar-refractivity contribution in [1.82, 2.24) is 10.2 Å². The monoisotopic (exact) mass is 315 g/mol. The topological polar surface area (TPSA) is 78.3 Å². The number of aryl methyl sites for hydroxylation is 1. The molecule has 0 radical (unpaired) electrons. The third-order valence-corrected chi connectivity index (χ3v) is 2.04. The molecule has 2 N–H and O–H groups in total. The number of halogens is 6. The molecule has 0 aromatic carbocycles. The number of Topliss-reactive ketones (excluding diaryl/α,β-unsaturated/α-hetero) is 1. The Morgan fingerprint density at radius 2 is 1.86 bits per heavy atom. The molecule has 0 saturated heterocycles. The van der Waals surface area contributed by atoms with Gasteiger partial charge in [0, 0.05) is 18.0 Å². The van der Waals surface area contributed by atoms with E-state index < -0.39 is 29.5 Å². The normalized spacial score (nSPS) is 14.4. The number of H-pyrrole nitrogens is 1. The minimum atomic E-state index is -5.60. The van der Waals surface area contributed by atoms with Crippen molar-refractivity contribution >= 4 is 17.8 Å². The summed E-state index contributed by atoms with van der Waals surface area (Å²) in [5.74, 6) is -5.80. The second-order valence-electron chi connectivity index (χ2n) is 3.75. The highest BCUT2D eigenvalue weighted by molar-refractivity contribution is 6.16. The fourth-order valence-electron chi connectivity index (χ4n) is 1.13. The van der Waals surface area contributed by atoms with Crippen LogP contribution in [0.25, 0.3) is 0 Å². The van der Waals surface area contributed by atoms with Crippen molar-refractivity contribution in [1.29, 1.82) is 0 Å². The first-order valence-corrected chi connectivity index (χ1v) is 5.11. The van der Waals surface area contributed by atoms with E-state index >= 15 is 0 Å². The number of rotatable bonds is 3. The zero-order valence-corrected chi connectivity index (χ0v) is 10.2. The third-order valence-electron chi connectivity index (χ3n) is 2.04. The maximum absolute atomic E-state index is 12.3. The van der Waals surface area contributed by atoms with Crippen molar-refractivity contribution < 1.29 is 36.2 Å². The van der Waals surface area contributed by atoms with E-state index in [2.05, 4.69) is 15.2 Å². The van der Waals surface area contributed by atoms with Crippen molar-refractivity contribution in [2.45, 2.75) is 19.3 Å². The van der Waals surface area contributed by atoms with Crippen LogP contribution in [0, 0.1) is 6.92 Å². The number of ketones is 1. The van der Waals surface area contributed by atoms with E-state index in [4.69, 9.17) is 5.11 Å². The Kier molecular flexibility index (Phi) is 4.44. The lowest BCUT2D eigenvalue weighted by atomic mass is 10.1. The molecule has 0 aliphatic carbocycles. The highest BCUT2D eigenvalue weighted by atomic mass is 19.4. The minimum absolute atomic E-state index is 0.0335. The molecule has 0 atom stereocenters. The second kappa shape index (κ2) is 5.58. The molecule has 0 bridgehead atoms. The molecule has 0 unspecified atom stereocenters. The zero-order chi connectivity index (χ0) is 16.4. The Balaban J connectivity index is 3.28. The number of allylic oxidation sites excluding steroid dienone is 2. The van der Waals surface area contributed by atoms with Crippen molar-refractivity contribution in [3.63, 3.8) is 0 Å². The van der Waals surface area contributed by atoms with Gasteiger partial charge in [-0.1, -0.05) is 0 Å². The standard InChI is InChI=1S/C10H7F6N3O2/c1-4-2-6(19-18-4)17-3-5(7(20)9(11,12)13)8(21)10(14,15)16/h2-3,20H,1H3,(H,18,19)/b7-5-,17-3?. The molecule has 11 heteroatoms. The van der Waals surface area contributed by atoms with E-state index in [-0.39, 0.29) is 12.0 Å². The Labute approximate surface area is 113 Å². The third kappa shape index (κ3) is 4.33. The van der Waals surface area contributed by atoms with Gasteiger partial charge in [0.25, 0.3) is 5.78 Å². The number of hydrogen-bond acceptors (Lipinski definition) is 4. The summed E-state index contributed by atoms with van der Waals surface area (Å²) in [6.45, 7) is 1.51. The lowest BCUT2D eigenvalue weighted by molar-refractivity contribution is -0.167. The molecule has 1 heterocycles. The van der Waals surface area contributed by atoms with E-state index in [1.165, 1.54) is 13.0 Å². The minimum Gasteiger partial charge on any atom is -0.504 e. The Hall–Kier alpha value is -2.33. The van der Waals surface area contributed by atoms with Crippen LogP contribution in [0.15, 0.2) is 22.4 Å². The number of carbonyl (C=O) groups excluding carboxylic acids is 1. The van der Waals surface area contributed by atoms with Crippen molar-refractivity contribution in [3.8, 4) is 0 Å². The molecule has 1 aromatic rings. The number of aliphatic hydroxyl groups excluding tert-OH is 1. The van der Waals surface area contributed by atoms with E-state index in [9.17, 15) is 31.1 Å². The summed E-state index contributed by atoms with van der Waals surface area (Å²) in [6, 6.07) is 1.21. The molecule has 0 fully saturated rings. The van der Waals surface area contributed by atoms with Gasteiger partial charge in [0.1, 0.15) is 0 Å². The van der Waals surface area contributed by atoms with Crippen molar-refractivity contribution in [3.05, 3.63) is 23.1 Å². The van der Waals surface area contributed by atoms with Crippen molar-refractivity contribution in [2.75, 3.05) is 0 Å². The molecule has 0 spiro atoms. The molecule has 0 aliphatic heterocycles. The molecular weight excluding hydrogens is 308 g/mol. The number of alkyl halides is 6. The number of aromatic nitrogens is 2. The van der Waals surface area contributed by atoms with Gasteiger partial charge in [0.2, 0.25) is 5.76 Å². The first-order chi connectivity index (χ1) is 9.43. The summed E-state index contributed by atoms with van der Waals surface area (Å²) in [5.41, 5.74) is -1.58. The molecular formula is C10H7F6N3O2. The van der Waals surface area contributed by atoms with Crippen LogP contribution < -0.4 is 0 Å². The van der Waals surface area contributed by atoms with E-state index in [1.54, 1.807) is 0 Å². The number of carbonyl (C=O) groups is 1. The summed E-state index contributed by atoms with van der Waals surface area (Å²) in [4.78, 5) is 14.1. The number of aliphatic hydroxyl groups is 1. The van der Waals surface area contributed by atoms with Gasteiger partial charge in [0.05, 0.1) is 5.57 Å². The van der Waals surface area contributed by atoms with Crippen LogP contribution >= 0.6 is 0 Å². The molecule has 21 heavy (non-hydrogen) atoms. The predicted molar refractivity (Wildman–Crippen MR) is 58.2 cm³/mol.